The highest BCUT2D eigenvalue weighted by Gasteiger charge is 2.47. The van der Waals surface area contributed by atoms with Gasteiger partial charge in [-0.2, -0.15) is 8.62 Å². The van der Waals surface area contributed by atoms with Crippen LogP contribution in [-0.4, -0.2) is 80.8 Å². The number of fused-ring (bicyclic) bond motifs is 1. The average molecular weight is 575 g/mol. The summed E-state index contributed by atoms with van der Waals surface area (Å²) in [5, 5.41) is 23.9. The minimum Gasteiger partial charge on any atom is -0.387 e. The van der Waals surface area contributed by atoms with E-state index in [0.717, 1.165) is 5.57 Å². The van der Waals surface area contributed by atoms with Gasteiger partial charge in [-0.25, -0.2) is 28.6 Å². The first kappa shape index (κ1) is 28.9. The average Bonchev–Trinajstić information content (AvgIpc) is 3.26. The Morgan fingerprint density at radius 2 is 1.78 bits per heavy atom. The Hall–Kier alpha value is -1.62. The normalized spacial score (nSPS) is 25.9. The monoisotopic (exact) mass is 575 g/mol. The van der Waals surface area contributed by atoms with E-state index >= 15 is 0 Å². The quantitative estimate of drug-likeness (QED) is 0.139. The van der Waals surface area contributed by atoms with Crippen LogP contribution in [0.1, 0.15) is 20.1 Å². The fourth-order valence-corrected chi connectivity index (χ4v) is 6.12. The number of hydrogen-bond donors (Lipinski definition) is 7. The van der Waals surface area contributed by atoms with Crippen LogP contribution in [0.2, 0.25) is 0 Å². The lowest BCUT2D eigenvalue weighted by Gasteiger charge is -2.19. The molecule has 2 aromatic heterocycles. The Morgan fingerprint density at radius 3 is 2.42 bits per heavy atom. The molecule has 0 bridgehead atoms. The number of ether oxygens (including phenoxy) is 1. The van der Waals surface area contributed by atoms with Gasteiger partial charge in [0.25, 0.3) is 0 Å². The zero-order valence-electron chi connectivity index (χ0n) is 18.6. The number of imidazole rings is 1. The predicted octanol–water partition coefficient (Wildman–Crippen LogP) is 0.167. The third-order valence-corrected chi connectivity index (χ3v) is 8.37. The van der Waals surface area contributed by atoms with Crippen LogP contribution in [0.5, 0.6) is 0 Å². The number of hydrogen-bond acceptors (Lipinski definition) is 13. The van der Waals surface area contributed by atoms with Crippen molar-refractivity contribution in [1.29, 1.82) is 0 Å². The molecule has 2 aromatic rings. The van der Waals surface area contributed by atoms with Crippen molar-refractivity contribution in [2.24, 2.45) is 0 Å². The molecule has 0 radical (unpaired) electrons. The van der Waals surface area contributed by atoms with E-state index in [-0.39, 0.29) is 5.65 Å². The molecule has 0 aromatic carbocycles. The number of aromatic nitrogens is 4. The van der Waals surface area contributed by atoms with Crippen LogP contribution in [0.4, 0.5) is 5.82 Å². The minimum atomic E-state index is -5.71. The van der Waals surface area contributed by atoms with E-state index in [1.165, 1.54) is 17.2 Å². The first-order valence-electron chi connectivity index (χ1n) is 9.93. The molecule has 21 heteroatoms. The van der Waals surface area contributed by atoms with Gasteiger partial charge in [0, 0.05) is 6.54 Å². The molecule has 36 heavy (non-hydrogen) atoms. The molecule has 4 unspecified atom stereocenters. The molecular formula is C15H24N5O13P3. The maximum atomic E-state index is 11.9. The van der Waals surface area contributed by atoms with Crippen LogP contribution in [0.3, 0.4) is 0 Å². The van der Waals surface area contributed by atoms with Crippen LogP contribution in [-0.2, 0) is 31.6 Å². The van der Waals surface area contributed by atoms with E-state index < -0.39 is 54.6 Å². The van der Waals surface area contributed by atoms with Gasteiger partial charge in [-0.3, -0.25) is 9.09 Å². The van der Waals surface area contributed by atoms with Gasteiger partial charge in [-0.05, 0) is 13.8 Å². The number of phosphoric ester groups is 1. The highest BCUT2D eigenvalue weighted by atomic mass is 31.3. The van der Waals surface area contributed by atoms with Crippen LogP contribution in [0.25, 0.3) is 11.2 Å². The first-order valence-corrected chi connectivity index (χ1v) is 14.5. The third-order valence-electron chi connectivity index (χ3n) is 4.57. The van der Waals surface area contributed by atoms with Crippen molar-refractivity contribution in [3.8, 4) is 0 Å². The standard InChI is InChI=1S/C15H24N5O13P3/c1-8(2)3-4-16-13-10-14(18-6-17-13)20(7-19-10)15-12(22)11(21)9(31-15)5-30-35(26,27)33-36(28,29)32-34(23,24)25/h3,6-7,9,11-12,15,21-22H,4-5H2,1-2H3,(H,26,27)(H,28,29)(H,16,17,18)(H2,23,24,25)/t9-,11?,12?,15-/m1/s1. The van der Waals surface area contributed by atoms with Gasteiger partial charge < -0.3 is 39.8 Å². The summed E-state index contributed by atoms with van der Waals surface area (Å²) in [6, 6.07) is 0. The second kappa shape index (κ2) is 11.0. The smallest absolute Gasteiger partial charge is 0.387 e. The van der Waals surface area contributed by atoms with Gasteiger partial charge in [-0.15, -0.1) is 0 Å². The van der Waals surface area contributed by atoms with Crippen molar-refractivity contribution in [1.82, 2.24) is 19.5 Å². The van der Waals surface area contributed by atoms with Gasteiger partial charge in [0.15, 0.2) is 23.2 Å². The van der Waals surface area contributed by atoms with E-state index in [9.17, 15) is 33.7 Å². The topological polar surface area (TPSA) is 265 Å². The molecule has 0 spiro atoms. The van der Waals surface area contributed by atoms with Crippen LogP contribution >= 0.6 is 23.5 Å². The maximum Gasteiger partial charge on any atom is 0.490 e. The largest absolute Gasteiger partial charge is 0.490 e. The SMILES string of the molecule is CC(C)=CCNc1ncnc2c1ncn2[C@@H]1O[C@H](COP(=O)(O)OP(=O)(O)OP(=O)(O)O)C(O)C1O. The molecule has 6 atom stereocenters. The predicted molar refractivity (Wildman–Crippen MR) is 119 cm³/mol. The fraction of sp³-hybridized carbons (Fsp3) is 0.533. The number of nitrogens with one attached hydrogen (secondary N) is 1. The lowest BCUT2D eigenvalue weighted by molar-refractivity contribution is -0.0503. The fourth-order valence-electron chi connectivity index (χ4n) is 3.09. The molecule has 1 fully saturated rings. The number of aliphatic hydroxyl groups is 2. The third kappa shape index (κ3) is 7.46. The number of allylic oxidation sites excluding steroid dienone is 1. The molecule has 1 saturated heterocycles. The van der Waals surface area contributed by atoms with E-state index in [2.05, 4.69) is 33.4 Å². The summed E-state index contributed by atoms with van der Waals surface area (Å²) < 4.78 is 52.6. The molecule has 3 rings (SSSR count). The highest BCUT2D eigenvalue weighted by molar-refractivity contribution is 7.66. The molecule has 0 amide bonds. The second-order valence-corrected chi connectivity index (χ2v) is 12.1. The Morgan fingerprint density at radius 1 is 1.08 bits per heavy atom. The van der Waals surface area contributed by atoms with Crippen molar-refractivity contribution in [2.75, 3.05) is 18.5 Å². The molecule has 0 aliphatic carbocycles. The zero-order valence-corrected chi connectivity index (χ0v) is 21.3. The van der Waals surface area contributed by atoms with E-state index in [4.69, 9.17) is 14.5 Å². The van der Waals surface area contributed by atoms with Crippen LogP contribution in [0, 0.1) is 0 Å². The van der Waals surface area contributed by atoms with E-state index in [1.54, 1.807) is 0 Å². The minimum absolute atomic E-state index is 0.231. The summed E-state index contributed by atoms with van der Waals surface area (Å²) in [4.78, 5) is 48.3. The Kier molecular flexibility index (Phi) is 8.85. The van der Waals surface area contributed by atoms with Gasteiger partial charge in [-0.1, -0.05) is 11.6 Å². The van der Waals surface area contributed by atoms with Crippen molar-refractivity contribution in [3.63, 3.8) is 0 Å². The number of rotatable bonds is 11. The number of anilines is 1. The maximum absolute atomic E-state index is 11.9. The number of phosphoric acid groups is 3. The van der Waals surface area contributed by atoms with Crippen molar-refractivity contribution in [2.45, 2.75) is 38.4 Å². The molecule has 0 saturated carbocycles. The molecule has 3 heterocycles. The lowest BCUT2D eigenvalue weighted by Crippen LogP contribution is -2.33. The summed E-state index contributed by atoms with van der Waals surface area (Å²) in [6.07, 6.45) is -1.55. The summed E-state index contributed by atoms with van der Waals surface area (Å²) >= 11 is 0. The Labute approximate surface area is 203 Å². The molecule has 1 aliphatic heterocycles. The highest BCUT2D eigenvalue weighted by Crippen LogP contribution is 2.66. The van der Waals surface area contributed by atoms with E-state index in [0.29, 0.717) is 17.9 Å². The number of aliphatic hydroxyl groups excluding tert-OH is 2. The summed E-state index contributed by atoms with van der Waals surface area (Å²) in [5.74, 6) is 0.397. The molecule has 1 aliphatic rings. The summed E-state index contributed by atoms with van der Waals surface area (Å²) in [7, 11) is -16.7. The van der Waals surface area contributed by atoms with Crippen molar-refractivity contribution < 1.29 is 61.4 Å². The summed E-state index contributed by atoms with van der Waals surface area (Å²) in [6.45, 7) is 3.37. The van der Waals surface area contributed by atoms with Gasteiger partial charge in [0.2, 0.25) is 0 Å². The Balaban J connectivity index is 1.71. The van der Waals surface area contributed by atoms with Gasteiger partial charge in [0.1, 0.15) is 24.6 Å². The van der Waals surface area contributed by atoms with Crippen LogP contribution < -0.4 is 5.32 Å². The first-order chi connectivity index (χ1) is 16.6. The van der Waals surface area contributed by atoms with Gasteiger partial charge in [0.05, 0.1) is 12.9 Å². The van der Waals surface area contributed by atoms with Crippen molar-refractivity contribution in [3.05, 3.63) is 24.3 Å². The Bertz CT molecular complexity index is 1260. The molecular weight excluding hydrogens is 551 g/mol. The zero-order chi connectivity index (χ0) is 26.9. The lowest BCUT2D eigenvalue weighted by atomic mass is 10.1. The summed E-state index contributed by atoms with van der Waals surface area (Å²) in [5.41, 5.74) is 1.65. The van der Waals surface area contributed by atoms with Crippen molar-refractivity contribution >= 4 is 40.4 Å². The van der Waals surface area contributed by atoms with E-state index in [1.807, 2.05) is 19.9 Å². The van der Waals surface area contributed by atoms with Crippen LogP contribution in [0.15, 0.2) is 24.3 Å². The molecule has 18 nitrogen and oxygen atoms in total. The number of nitrogens with zero attached hydrogens (tertiary/aromatic N) is 4. The molecule has 7 N–H and O–H groups in total. The van der Waals surface area contributed by atoms with Gasteiger partial charge >= 0.3 is 23.5 Å². The molecule has 202 valence electrons. The second-order valence-electron chi connectivity index (χ2n) is 7.64.